The van der Waals surface area contributed by atoms with Crippen molar-refractivity contribution in [1.29, 1.82) is 0 Å². The molecule has 0 radical (unpaired) electrons. The largest absolute Gasteiger partial charge is 0.310 e. The lowest BCUT2D eigenvalue weighted by Crippen LogP contribution is -2.21. The van der Waals surface area contributed by atoms with Gasteiger partial charge in [-0.3, -0.25) is 0 Å². The highest BCUT2D eigenvalue weighted by molar-refractivity contribution is 6.31. The minimum absolute atomic E-state index is 0.344. The van der Waals surface area contributed by atoms with Crippen LogP contribution >= 0.6 is 11.6 Å². The van der Waals surface area contributed by atoms with Crippen LogP contribution < -0.4 is 5.32 Å². The highest BCUT2D eigenvalue weighted by atomic mass is 35.5. The summed E-state index contributed by atoms with van der Waals surface area (Å²) in [6.07, 6.45) is 0. The molecule has 0 aliphatic rings. The van der Waals surface area contributed by atoms with Crippen LogP contribution in [0.15, 0.2) is 36.4 Å². The van der Waals surface area contributed by atoms with Crippen molar-refractivity contribution in [1.82, 2.24) is 5.32 Å². The Morgan fingerprint density at radius 2 is 1.85 bits per heavy atom. The summed E-state index contributed by atoms with van der Waals surface area (Å²) in [7, 11) is 0. The fourth-order valence-electron chi connectivity index (χ4n) is 1.90. The molecule has 2 rings (SSSR count). The van der Waals surface area contributed by atoms with E-state index in [0.717, 1.165) is 11.6 Å². The molecule has 106 valence electrons. The zero-order valence-corrected chi connectivity index (χ0v) is 12.1. The number of hydrogen-bond donors (Lipinski definition) is 1. The maximum Gasteiger partial charge on any atom is 0.133 e. The second-order valence-corrected chi connectivity index (χ2v) is 5.37. The maximum absolute atomic E-state index is 13.7. The van der Waals surface area contributed by atoms with E-state index in [2.05, 4.69) is 19.2 Å². The number of benzene rings is 2. The molecule has 1 N–H and O–H groups in total. The second-order valence-electron chi connectivity index (χ2n) is 4.97. The molecule has 2 aromatic carbocycles. The monoisotopic (exact) mass is 295 g/mol. The van der Waals surface area contributed by atoms with Gasteiger partial charge in [0, 0.05) is 29.2 Å². The predicted molar refractivity (Wildman–Crippen MR) is 78.8 cm³/mol. The molecular weight excluding hydrogens is 280 g/mol. The Bertz CT molecular complexity index is 611. The standard InChI is InChI=1S/C16H16ClF2N/c1-10(2)20-9-12-4-3-11(7-15(12)17)14-6-5-13(18)8-16(14)19/h3-8,10,20H,9H2,1-2H3. The van der Waals surface area contributed by atoms with Gasteiger partial charge in [0.15, 0.2) is 0 Å². The summed E-state index contributed by atoms with van der Waals surface area (Å²) in [4.78, 5) is 0. The molecule has 0 heterocycles. The lowest BCUT2D eigenvalue weighted by Gasteiger charge is -2.11. The molecule has 0 amide bonds. The summed E-state index contributed by atoms with van der Waals surface area (Å²) in [5, 5.41) is 3.84. The fraction of sp³-hybridized carbons (Fsp3) is 0.250. The summed E-state index contributed by atoms with van der Waals surface area (Å²) in [6, 6.07) is 9.24. The van der Waals surface area contributed by atoms with Crippen LogP contribution in [0.2, 0.25) is 5.02 Å². The number of nitrogens with one attached hydrogen (secondary N) is 1. The summed E-state index contributed by atoms with van der Waals surface area (Å²) >= 11 is 6.21. The van der Waals surface area contributed by atoms with Crippen molar-refractivity contribution in [2.75, 3.05) is 0 Å². The number of halogens is 3. The van der Waals surface area contributed by atoms with Crippen LogP contribution in [0.4, 0.5) is 8.78 Å². The minimum atomic E-state index is -0.589. The van der Waals surface area contributed by atoms with Crippen molar-refractivity contribution in [2.24, 2.45) is 0 Å². The minimum Gasteiger partial charge on any atom is -0.310 e. The van der Waals surface area contributed by atoms with E-state index in [-0.39, 0.29) is 0 Å². The van der Waals surface area contributed by atoms with E-state index in [1.807, 2.05) is 6.07 Å². The van der Waals surface area contributed by atoms with Crippen LogP contribution in [-0.2, 0) is 6.54 Å². The molecule has 0 saturated carbocycles. The molecule has 0 aromatic heterocycles. The van der Waals surface area contributed by atoms with Gasteiger partial charge in [-0.15, -0.1) is 0 Å². The molecule has 0 bridgehead atoms. The Labute approximate surface area is 122 Å². The van der Waals surface area contributed by atoms with Crippen molar-refractivity contribution in [3.8, 4) is 11.1 Å². The zero-order chi connectivity index (χ0) is 14.7. The molecule has 0 spiro atoms. The van der Waals surface area contributed by atoms with Gasteiger partial charge in [-0.05, 0) is 29.3 Å². The highest BCUT2D eigenvalue weighted by Gasteiger charge is 2.09. The van der Waals surface area contributed by atoms with Gasteiger partial charge in [-0.25, -0.2) is 8.78 Å². The van der Waals surface area contributed by atoms with Crippen LogP contribution in [0.25, 0.3) is 11.1 Å². The molecule has 0 fully saturated rings. The van der Waals surface area contributed by atoms with Gasteiger partial charge >= 0.3 is 0 Å². The molecule has 0 aliphatic heterocycles. The molecule has 0 unspecified atom stereocenters. The van der Waals surface area contributed by atoms with Crippen molar-refractivity contribution < 1.29 is 8.78 Å². The molecule has 0 aliphatic carbocycles. The molecule has 4 heteroatoms. The van der Waals surface area contributed by atoms with Crippen molar-refractivity contribution in [2.45, 2.75) is 26.4 Å². The quantitative estimate of drug-likeness (QED) is 0.855. The van der Waals surface area contributed by atoms with Crippen molar-refractivity contribution >= 4 is 11.6 Å². The van der Waals surface area contributed by atoms with Gasteiger partial charge < -0.3 is 5.32 Å². The highest BCUT2D eigenvalue weighted by Crippen LogP contribution is 2.28. The summed E-state index contributed by atoms with van der Waals surface area (Å²) in [5.41, 5.74) is 1.93. The van der Waals surface area contributed by atoms with Crippen LogP contribution in [0.1, 0.15) is 19.4 Å². The normalized spacial score (nSPS) is 11.1. The van der Waals surface area contributed by atoms with Gasteiger partial charge in [0.25, 0.3) is 0 Å². The van der Waals surface area contributed by atoms with Gasteiger partial charge in [-0.1, -0.05) is 37.6 Å². The average Bonchev–Trinajstić information content (AvgIpc) is 2.37. The molecule has 2 aromatic rings. The lowest BCUT2D eigenvalue weighted by atomic mass is 10.0. The Morgan fingerprint density at radius 1 is 1.10 bits per heavy atom. The first kappa shape index (κ1) is 14.9. The molecular formula is C16H16ClF2N. The third-order valence-electron chi connectivity index (χ3n) is 3.00. The summed E-state index contributed by atoms with van der Waals surface area (Å²) in [5.74, 6) is -1.18. The van der Waals surface area contributed by atoms with E-state index in [1.165, 1.54) is 12.1 Å². The number of rotatable bonds is 4. The smallest absolute Gasteiger partial charge is 0.133 e. The van der Waals surface area contributed by atoms with E-state index >= 15 is 0 Å². The zero-order valence-electron chi connectivity index (χ0n) is 11.4. The van der Waals surface area contributed by atoms with Crippen LogP contribution in [0.3, 0.4) is 0 Å². The molecule has 20 heavy (non-hydrogen) atoms. The predicted octanol–water partition coefficient (Wildman–Crippen LogP) is 4.78. The van der Waals surface area contributed by atoms with Gasteiger partial charge in [0.1, 0.15) is 11.6 Å². The molecule has 1 nitrogen and oxygen atoms in total. The Kier molecular flexibility index (Phi) is 4.73. The Hall–Kier alpha value is -1.45. The van der Waals surface area contributed by atoms with E-state index in [4.69, 9.17) is 11.6 Å². The summed E-state index contributed by atoms with van der Waals surface area (Å²) < 4.78 is 26.6. The van der Waals surface area contributed by atoms with E-state index < -0.39 is 11.6 Å². The van der Waals surface area contributed by atoms with E-state index in [0.29, 0.717) is 28.7 Å². The first-order valence-corrected chi connectivity index (χ1v) is 6.82. The van der Waals surface area contributed by atoms with E-state index in [1.54, 1.807) is 12.1 Å². The third kappa shape index (κ3) is 3.56. The van der Waals surface area contributed by atoms with Gasteiger partial charge in [0.2, 0.25) is 0 Å². The van der Waals surface area contributed by atoms with Crippen molar-refractivity contribution in [3.05, 3.63) is 58.6 Å². The Morgan fingerprint density at radius 3 is 2.45 bits per heavy atom. The van der Waals surface area contributed by atoms with Gasteiger partial charge in [0.05, 0.1) is 0 Å². The van der Waals surface area contributed by atoms with Crippen molar-refractivity contribution in [3.63, 3.8) is 0 Å². The topological polar surface area (TPSA) is 12.0 Å². The second kappa shape index (κ2) is 6.33. The first-order chi connectivity index (χ1) is 9.47. The number of hydrogen-bond acceptors (Lipinski definition) is 1. The van der Waals surface area contributed by atoms with E-state index in [9.17, 15) is 8.78 Å². The maximum atomic E-state index is 13.7. The first-order valence-electron chi connectivity index (χ1n) is 6.44. The lowest BCUT2D eigenvalue weighted by molar-refractivity contribution is 0.585. The van der Waals surface area contributed by atoms with Crippen LogP contribution in [0.5, 0.6) is 0 Å². The SMILES string of the molecule is CC(C)NCc1ccc(-c2ccc(F)cc2F)cc1Cl. The Balaban J connectivity index is 2.28. The average molecular weight is 296 g/mol. The summed E-state index contributed by atoms with van der Waals surface area (Å²) in [6.45, 7) is 4.76. The van der Waals surface area contributed by atoms with Crippen LogP contribution in [0, 0.1) is 11.6 Å². The van der Waals surface area contributed by atoms with Gasteiger partial charge in [-0.2, -0.15) is 0 Å². The third-order valence-corrected chi connectivity index (χ3v) is 3.35. The molecule has 0 atom stereocenters. The van der Waals surface area contributed by atoms with Crippen LogP contribution in [-0.4, -0.2) is 6.04 Å². The fourth-order valence-corrected chi connectivity index (χ4v) is 2.14. The molecule has 0 saturated heterocycles.